The van der Waals surface area contributed by atoms with Crippen molar-refractivity contribution in [3.8, 4) is 0 Å². The normalized spacial score (nSPS) is 12.0. The number of hydrogen-bond donors (Lipinski definition) is 1. The highest BCUT2D eigenvalue weighted by atomic mass is 19.2. The first-order chi connectivity index (χ1) is 13.4. The lowest BCUT2D eigenvalue weighted by Gasteiger charge is -2.13. The first-order valence-electron chi connectivity index (χ1n) is 8.37. The predicted octanol–water partition coefficient (Wildman–Crippen LogP) is 4.04. The molecule has 0 fully saturated rings. The first-order valence-corrected chi connectivity index (χ1v) is 8.37. The van der Waals surface area contributed by atoms with Crippen molar-refractivity contribution in [2.45, 2.75) is 19.6 Å². The summed E-state index contributed by atoms with van der Waals surface area (Å²) in [5, 5.41) is 3.06. The molecule has 0 spiro atoms. The van der Waals surface area contributed by atoms with Gasteiger partial charge in [-0.05, 0) is 25.1 Å². The second kappa shape index (κ2) is 8.18. The van der Waals surface area contributed by atoms with Crippen LogP contribution in [0.2, 0.25) is 0 Å². The predicted molar refractivity (Wildman–Crippen MR) is 96.8 cm³/mol. The van der Waals surface area contributed by atoms with Gasteiger partial charge in [-0.2, -0.15) is 0 Å². The number of hydrogen-bond acceptors (Lipinski definition) is 5. The number of carbonyl (C=O) groups excluding carboxylic acids is 2. The molecule has 0 bridgehead atoms. The zero-order chi connectivity index (χ0) is 20.3. The molecule has 0 radical (unpaired) electrons. The summed E-state index contributed by atoms with van der Waals surface area (Å²) in [7, 11) is 1.48. The van der Waals surface area contributed by atoms with Crippen LogP contribution in [0, 0.1) is 11.6 Å². The Hall–Kier alpha value is -3.26. The largest absolute Gasteiger partial charge is 0.449 e. The molecule has 3 rings (SSSR count). The number of para-hydroxylation sites is 1. The SMILES string of the molecule is COCc1c(C(=O)O[C@H](C)C(=O)Nc2ccc(F)c(F)c2)oc2ccccc12. The fraction of sp³-hybridized carbons (Fsp3) is 0.200. The summed E-state index contributed by atoms with van der Waals surface area (Å²) in [5.41, 5.74) is 1.03. The fourth-order valence-corrected chi connectivity index (χ4v) is 2.64. The monoisotopic (exact) mass is 389 g/mol. The molecule has 28 heavy (non-hydrogen) atoms. The lowest BCUT2D eigenvalue weighted by molar-refractivity contribution is -0.123. The summed E-state index contributed by atoms with van der Waals surface area (Å²) in [5.74, 6) is -3.74. The number of methoxy groups -OCH3 is 1. The number of anilines is 1. The van der Waals surface area contributed by atoms with Crippen molar-refractivity contribution in [2.75, 3.05) is 12.4 Å². The summed E-state index contributed by atoms with van der Waals surface area (Å²) in [6, 6.07) is 9.94. The van der Waals surface area contributed by atoms with Gasteiger partial charge in [0.05, 0.1) is 6.61 Å². The van der Waals surface area contributed by atoms with Gasteiger partial charge in [0.1, 0.15) is 5.58 Å². The Balaban J connectivity index is 1.74. The molecule has 0 aliphatic carbocycles. The van der Waals surface area contributed by atoms with Crippen molar-refractivity contribution >= 4 is 28.5 Å². The number of halogens is 2. The number of carbonyl (C=O) groups is 2. The van der Waals surface area contributed by atoms with Gasteiger partial charge in [0.15, 0.2) is 17.7 Å². The minimum Gasteiger partial charge on any atom is -0.449 e. The highest BCUT2D eigenvalue weighted by Gasteiger charge is 2.26. The molecule has 1 heterocycles. The van der Waals surface area contributed by atoms with Crippen molar-refractivity contribution in [1.29, 1.82) is 0 Å². The number of furan rings is 1. The summed E-state index contributed by atoms with van der Waals surface area (Å²) < 4.78 is 42.1. The number of benzene rings is 2. The van der Waals surface area contributed by atoms with E-state index in [4.69, 9.17) is 13.9 Å². The summed E-state index contributed by atoms with van der Waals surface area (Å²) in [6.45, 7) is 1.47. The van der Waals surface area contributed by atoms with Crippen LogP contribution in [-0.2, 0) is 20.9 Å². The molecule has 1 amide bonds. The van der Waals surface area contributed by atoms with Crippen molar-refractivity contribution in [3.63, 3.8) is 0 Å². The van der Waals surface area contributed by atoms with E-state index in [0.717, 1.165) is 12.1 Å². The van der Waals surface area contributed by atoms with E-state index in [1.54, 1.807) is 24.3 Å². The average Bonchev–Trinajstić information content (AvgIpc) is 3.04. The Bertz CT molecular complexity index is 1030. The first kappa shape index (κ1) is 19.5. The van der Waals surface area contributed by atoms with Crippen molar-refractivity contribution in [2.24, 2.45) is 0 Å². The minimum absolute atomic E-state index is 0.0376. The van der Waals surface area contributed by atoms with Gasteiger partial charge in [-0.15, -0.1) is 0 Å². The molecule has 146 valence electrons. The van der Waals surface area contributed by atoms with Crippen molar-refractivity contribution < 1.29 is 32.3 Å². The number of nitrogens with one attached hydrogen (secondary N) is 1. The van der Waals surface area contributed by atoms with Gasteiger partial charge in [0.25, 0.3) is 5.91 Å². The van der Waals surface area contributed by atoms with E-state index in [2.05, 4.69) is 5.32 Å². The van der Waals surface area contributed by atoms with E-state index in [-0.39, 0.29) is 18.1 Å². The minimum atomic E-state index is -1.20. The Morgan fingerprint density at radius 1 is 1.14 bits per heavy atom. The molecule has 0 aliphatic heterocycles. The molecule has 1 aromatic heterocycles. The number of amides is 1. The molecular weight excluding hydrogens is 372 g/mol. The molecule has 0 saturated heterocycles. The molecule has 1 N–H and O–H groups in total. The van der Waals surface area contributed by atoms with E-state index in [1.165, 1.54) is 20.1 Å². The van der Waals surface area contributed by atoms with E-state index < -0.39 is 29.6 Å². The topological polar surface area (TPSA) is 77.8 Å². The highest BCUT2D eigenvalue weighted by Crippen LogP contribution is 2.27. The van der Waals surface area contributed by atoms with Gasteiger partial charge in [0.2, 0.25) is 5.76 Å². The number of fused-ring (bicyclic) bond motifs is 1. The Kier molecular flexibility index (Phi) is 5.70. The zero-order valence-corrected chi connectivity index (χ0v) is 15.1. The molecule has 0 aliphatic rings. The van der Waals surface area contributed by atoms with Gasteiger partial charge >= 0.3 is 5.97 Å². The van der Waals surface area contributed by atoms with Crippen LogP contribution in [0.1, 0.15) is 23.0 Å². The number of esters is 1. The quantitative estimate of drug-likeness (QED) is 0.644. The summed E-state index contributed by atoms with van der Waals surface area (Å²) >= 11 is 0. The lowest BCUT2D eigenvalue weighted by Crippen LogP contribution is -2.30. The number of ether oxygens (including phenoxy) is 2. The van der Waals surface area contributed by atoms with Crippen LogP contribution in [0.3, 0.4) is 0 Å². The third kappa shape index (κ3) is 4.01. The molecule has 8 heteroatoms. The maximum absolute atomic E-state index is 13.2. The lowest BCUT2D eigenvalue weighted by atomic mass is 10.1. The molecule has 0 saturated carbocycles. The van der Waals surface area contributed by atoms with E-state index in [0.29, 0.717) is 16.5 Å². The molecular formula is C20H17F2NO5. The third-order valence-electron chi connectivity index (χ3n) is 4.01. The maximum Gasteiger partial charge on any atom is 0.375 e. The summed E-state index contributed by atoms with van der Waals surface area (Å²) in [4.78, 5) is 24.7. The summed E-state index contributed by atoms with van der Waals surface area (Å²) in [6.07, 6.45) is -1.20. The molecule has 3 aromatic rings. The second-order valence-corrected chi connectivity index (χ2v) is 6.00. The Labute approximate surface area is 159 Å². The van der Waals surface area contributed by atoms with Crippen LogP contribution in [0.4, 0.5) is 14.5 Å². The smallest absolute Gasteiger partial charge is 0.375 e. The maximum atomic E-state index is 13.2. The molecule has 6 nitrogen and oxygen atoms in total. The van der Waals surface area contributed by atoms with Crippen LogP contribution in [-0.4, -0.2) is 25.1 Å². The van der Waals surface area contributed by atoms with E-state index in [1.807, 2.05) is 0 Å². The van der Waals surface area contributed by atoms with Crippen molar-refractivity contribution in [3.05, 3.63) is 65.4 Å². The van der Waals surface area contributed by atoms with Crippen LogP contribution in [0.25, 0.3) is 11.0 Å². The molecule has 0 unspecified atom stereocenters. The van der Waals surface area contributed by atoms with Crippen LogP contribution in [0.5, 0.6) is 0 Å². The Morgan fingerprint density at radius 2 is 1.89 bits per heavy atom. The van der Waals surface area contributed by atoms with Gasteiger partial charge in [0, 0.05) is 29.8 Å². The van der Waals surface area contributed by atoms with Gasteiger partial charge < -0.3 is 19.2 Å². The van der Waals surface area contributed by atoms with Crippen LogP contribution >= 0.6 is 0 Å². The van der Waals surface area contributed by atoms with Crippen LogP contribution in [0.15, 0.2) is 46.9 Å². The van der Waals surface area contributed by atoms with E-state index >= 15 is 0 Å². The third-order valence-corrected chi connectivity index (χ3v) is 4.01. The zero-order valence-electron chi connectivity index (χ0n) is 15.1. The Morgan fingerprint density at radius 3 is 2.61 bits per heavy atom. The second-order valence-electron chi connectivity index (χ2n) is 6.00. The van der Waals surface area contributed by atoms with Gasteiger partial charge in [-0.1, -0.05) is 18.2 Å². The standard InChI is InChI=1S/C20H17F2NO5/c1-11(19(24)23-12-7-8-15(21)16(22)9-12)27-20(25)18-14(10-26-2)13-5-3-4-6-17(13)28-18/h3-9,11H,10H2,1-2H3,(H,23,24)/t11-/m1/s1. The van der Waals surface area contributed by atoms with Gasteiger partial charge in [-0.25, -0.2) is 13.6 Å². The van der Waals surface area contributed by atoms with E-state index in [9.17, 15) is 18.4 Å². The van der Waals surface area contributed by atoms with Crippen molar-refractivity contribution in [1.82, 2.24) is 0 Å². The fourth-order valence-electron chi connectivity index (χ4n) is 2.64. The number of rotatable bonds is 6. The highest BCUT2D eigenvalue weighted by molar-refractivity contribution is 5.99. The van der Waals surface area contributed by atoms with Gasteiger partial charge in [-0.3, -0.25) is 4.79 Å². The molecule has 1 atom stereocenters. The van der Waals surface area contributed by atoms with Crippen LogP contribution < -0.4 is 5.32 Å². The molecule has 2 aromatic carbocycles. The average molecular weight is 389 g/mol.